The van der Waals surface area contributed by atoms with Crippen LogP contribution in [-0.2, 0) is 20.9 Å². The van der Waals surface area contributed by atoms with E-state index < -0.39 is 6.09 Å². The molecule has 11 atom stereocenters. The maximum absolute atomic E-state index is 14.5. The van der Waals surface area contributed by atoms with Crippen LogP contribution >= 0.6 is 0 Å². The van der Waals surface area contributed by atoms with Crippen molar-refractivity contribution in [3.05, 3.63) is 90.0 Å². The first-order chi connectivity index (χ1) is 27.4. The maximum atomic E-state index is 14.5. The van der Waals surface area contributed by atoms with Gasteiger partial charge in [0, 0.05) is 17.5 Å². The van der Waals surface area contributed by atoms with Crippen LogP contribution in [0.4, 0.5) is 4.79 Å². The van der Waals surface area contributed by atoms with Gasteiger partial charge in [-0.25, -0.2) is 9.59 Å². The summed E-state index contributed by atoms with van der Waals surface area (Å²) < 4.78 is 10.5. The van der Waals surface area contributed by atoms with Gasteiger partial charge in [0.25, 0.3) is 0 Å². The quantitative estimate of drug-likeness (QED) is 0.205. The number of amides is 2. The van der Waals surface area contributed by atoms with E-state index in [1.165, 1.54) is 43.9 Å². The Morgan fingerprint density at radius 1 is 0.828 bits per heavy atom. The number of fused-ring (bicyclic) bond motifs is 7. The number of esters is 1. The van der Waals surface area contributed by atoms with Gasteiger partial charge in [-0.15, -0.1) is 6.58 Å². The van der Waals surface area contributed by atoms with Gasteiger partial charge in [0.15, 0.2) is 0 Å². The molecule has 0 aromatic heterocycles. The second-order valence-electron chi connectivity index (χ2n) is 21.3. The van der Waals surface area contributed by atoms with Crippen LogP contribution in [0.25, 0.3) is 5.57 Å². The van der Waals surface area contributed by atoms with Crippen molar-refractivity contribution < 1.29 is 23.9 Å². The molecule has 7 heteroatoms. The van der Waals surface area contributed by atoms with Crippen molar-refractivity contribution in [2.24, 2.45) is 62.6 Å². The van der Waals surface area contributed by atoms with Crippen LogP contribution in [0.2, 0.25) is 0 Å². The average molecular weight is 789 g/mol. The molecule has 6 aliphatic rings. The lowest BCUT2D eigenvalue weighted by Crippen LogP contribution is -2.69. The molecule has 8 rings (SSSR count). The highest BCUT2D eigenvalue weighted by Crippen LogP contribution is 2.76. The Bertz CT molecular complexity index is 1970. The number of benzene rings is 2. The normalized spacial score (nSPS) is 39.2. The van der Waals surface area contributed by atoms with Gasteiger partial charge in [0.1, 0.15) is 6.61 Å². The summed E-state index contributed by atoms with van der Waals surface area (Å²) in [6.07, 6.45) is 15.1. The summed E-state index contributed by atoms with van der Waals surface area (Å²) in [5.41, 5.74) is 4.10. The molecule has 6 aliphatic carbocycles. The molecule has 0 spiro atoms. The zero-order chi connectivity index (χ0) is 41.5. The van der Waals surface area contributed by atoms with Crippen LogP contribution in [0.5, 0.6) is 0 Å². The Morgan fingerprint density at radius 3 is 2.22 bits per heavy atom. The third-order valence-corrected chi connectivity index (χ3v) is 18.4. The average Bonchev–Trinajstić information content (AvgIpc) is 3.56. The molecule has 2 aromatic rings. The zero-order valence-corrected chi connectivity index (χ0v) is 36.4. The standard InChI is InChI=1S/C51H68N2O5/c1-10-33-22-27-51(53-43(54)38-30-41(47(38,4)5)52-45(56)58-31-32-14-12-11-13-15-32)29-28-49(7)37(42(33)51)20-21-40-48(6)25-23-36(34-16-18-35(19-17-34)44(55)57-9)46(2,3)39(48)24-26-50(40,49)8/h10-19,23,33,37-42H,1,20-22,24-31H2,2-9H3,(H,52,56)(H,53,54)/t33-,37-,38+,39?,40?,41+,42?,48+,49-,50-,51+/m1/s1. The summed E-state index contributed by atoms with van der Waals surface area (Å²) in [5, 5.41) is 6.88. The Kier molecular flexibility index (Phi) is 10.2. The molecule has 0 aliphatic heterocycles. The zero-order valence-electron chi connectivity index (χ0n) is 36.4. The van der Waals surface area contributed by atoms with E-state index in [2.05, 4.69) is 90.0 Å². The van der Waals surface area contributed by atoms with Crippen LogP contribution in [0.1, 0.15) is 134 Å². The number of carbonyl (C=O) groups is 3. The van der Waals surface area contributed by atoms with Crippen molar-refractivity contribution in [2.75, 3.05) is 7.11 Å². The fraction of sp³-hybridized carbons (Fsp3) is 0.627. The lowest BCUT2D eigenvalue weighted by atomic mass is 9.33. The molecule has 3 unspecified atom stereocenters. The highest BCUT2D eigenvalue weighted by atomic mass is 16.5. The molecule has 0 bridgehead atoms. The van der Waals surface area contributed by atoms with Gasteiger partial charge in [-0.3, -0.25) is 4.79 Å². The molecular weight excluding hydrogens is 721 g/mol. The van der Waals surface area contributed by atoms with Gasteiger partial charge in [-0.2, -0.15) is 0 Å². The van der Waals surface area contributed by atoms with E-state index >= 15 is 0 Å². The van der Waals surface area contributed by atoms with Crippen molar-refractivity contribution in [1.29, 1.82) is 0 Å². The summed E-state index contributed by atoms with van der Waals surface area (Å²) in [4.78, 5) is 39.4. The van der Waals surface area contributed by atoms with Gasteiger partial charge in [-0.1, -0.05) is 103 Å². The van der Waals surface area contributed by atoms with Crippen molar-refractivity contribution in [3.63, 3.8) is 0 Å². The van der Waals surface area contributed by atoms with Crippen molar-refractivity contribution >= 4 is 23.5 Å². The fourth-order valence-electron chi connectivity index (χ4n) is 15.0. The minimum Gasteiger partial charge on any atom is -0.465 e. The van der Waals surface area contributed by atoms with E-state index in [0.717, 1.165) is 37.7 Å². The minimum absolute atomic E-state index is 0.00342. The van der Waals surface area contributed by atoms with Crippen molar-refractivity contribution in [2.45, 2.75) is 131 Å². The SMILES string of the molecule is C=C[C@@H]1CC[C@]2(NC(=O)[C@@H]3C[C@H](NC(=O)OCc4ccccc4)C3(C)C)CC[C@]3(C)[C@H](CCC4[C@@]5(C)CC=C(c6ccc(C(=O)OC)cc6)C(C)(C)C5CC[C@]43C)C12. The number of hydrogen-bond acceptors (Lipinski definition) is 5. The molecule has 2 amide bonds. The minimum atomic E-state index is -0.428. The molecular formula is C51H68N2O5. The largest absolute Gasteiger partial charge is 0.465 e. The number of rotatable bonds is 8. The molecule has 0 saturated heterocycles. The number of methoxy groups -OCH3 is 1. The second kappa shape index (κ2) is 14.4. The first-order valence-electron chi connectivity index (χ1n) is 22.3. The number of alkyl carbamates (subject to hydrolysis) is 1. The Morgan fingerprint density at radius 2 is 1.55 bits per heavy atom. The second-order valence-corrected chi connectivity index (χ2v) is 21.3. The molecule has 7 nitrogen and oxygen atoms in total. The van der Waals surface area contributed by atoms with Crippen LogP contribution in [0, 0.1) is 62.6 Å². The first-order valence-corrected chi connectivity index (χ1v) is 22.3. The van der Waals surface area contributed by atoms with Gasteiger partial charge >= 0.3 is 12.1 Å². The van der Waals surface area contributed by atoms with E-state index in [9.17, 15) is 14.4 Å². The smallest absolute Gasteiger partial charge is 0.407 e. The number of carbonyl (C=O) groups excluding carboxylic acids is 3. The number of hydrogen-bond donors (Lipinski definition) is 2. The number of nitrogens with one attached hydrogen (secondary N) is 2. The summed E-state index contributed by atoms with van der Waals surface area (Å²) in [7, 11) is 1.43. The molecule has 2 aromatic carbocycles. The summed E-state index contributed by atoms with van der Waals surface area (Å²) >= 11 is 0. The van der Waals surface area contributed by atoms with Gasteiger partial charge < -0.3 is 20.1 Å². The molecule has 2 N–H and O–H groups in total. The number of ether oxygens (including phenoxy) is 2. The molecule has 58 heavy (non-hydrogen) atoms. The Labute approximate surface area is 347 Å². The lowest BCUT2D eigenvalue weighted by molar-refractivity contribution is -0.219. The summed E-state index contributed by atoms with van der Waals surface area (Å²) in [5.74, 6) is 2.15. The lowest BCUT2D eigenvalue weighted by Gasteiger charge is -2.72. The van der Waals surface area contributed by atoms with Gasteiger partial charge in [0.05, 0.1) is 12.7 Å². The third kappa shape index (κ3) is 6.13. The van der Waals surface area contributed by atoms with Crippen LogP contribution < -0.4 is 10.6 Å². The van der Waals surface area contributed by atoms with E-state index in [-0.39, 0.29) is 63.1 Å². The fourth-order valence-corrected chi connectivity index (χ4v) is 15.0. The molecule has 312 valence electrons. The Hall–Kier alpha value is -3.87. The Balaban J connectivity index is 0.988. The molecule has 5 saturated carbocycles. The van der Waals surface area contributed by atoms with E-state index in [1.54, 1.807) is 0 Å². The maximum Gasteiger partial charge on any atom is 0.407 e. The first kappa shape index (κ1) is 40.9. The van der Waals surface area contributed by atoms with E-state index in [1.807, 2.05) is 42.5 Å². The summed E-state index contributed by atoms with van der Waals surface area (Å²) in [6, 6.07) is 17.6. The highest BCUT2D eigenvalue weighted by Gasteiger charge is 2.71. The molecule has 0 radical (unpaired) electrons. The van der Waals surface area contributed by atoms with E-state index in [0.29, 0.717) is 41.6 Å². The third-order valence-electron chi connectivity index (χ3n) is 18.4. The number of allylic oxidation sites excluding steroid dienone is 3. The van der Waals surface area contributed by atoms with Gasteiger partial charge in [0.2, 0.25) is 5.91 Å². The van der Waals surface area contributed by atoms with Crippen LogP contribution in [0.3, 0.4) is 0 Å². The van der Waals surface area contributed by atoms with Gasteiger partial charge in [-0.05, 0) is 150 Å². The van der Waals surface area contributed by atoms with Crippen molar-refractivity contribution in [1.82, 2.24) is 10.6 Å². The summed E-state index contributed by atoms with van der Waals surface area (Å²) in [6.45, 7) is 21.7. The van der Waals surface area contributed by atoms with Crippen LogP contribution in [0.15, 0.2) is 73.3 Å². The topological polar surface area (TPSA) is 93.7 Å². The molecule has 5 fully saturated rings. The monoisotopic (exact) mass is 789 g/mol. The highest BCUT2D eigenvalue weighted by molar-refractivity contribution is 5.90. The van der Waals surface area contributed by atoms with E-state index in [4.69, 9.17) is 9.47 Å². The predicted octanol–water partition coefficient (Wildman–Crippen LogP) is 10.9. The van der Waals surface area contributed by atoms with Crippen LogP contribution in [-0.4, -0.2) is 36.7 Å². The predicted molar refractivity (Wildman–Crippen MR) is 229 cm³/mol. The van der Waals surface area contributed by atoms with Crippen molar-refractivity contribution in [3.8, 4) is 0 Å². The molecule has 0 heterocycles.